The Morgan fingerprint density at radius 1 is 1.32 bits per heavy atom. The summed E-state index contributed by atoms with van der Waals surface area (Å²) in [5, 5.41) is 12.2. The molecule has 8 heteroatoms. The molecule has 1 aromatic carbocycles. The molecule has 2 rings (SSSR count). The van der Waals surface area contributed by atoms with Crippen LogP contribution in [-0.2, 0) is 9.59 Å². The molecule has 0 saturated carbocycles. The molecular formula is C17H14ClN5O2. The van der Waals surface area contributed by atoms with Gasteiger partial charge in [-0.1, -0.05) is 11.6 Å². The van der Waals surface area contributed by atoms with Gasteiger partial charge >= 0.3 is 0 Å². The number of nitriles is 1. The van der Waals surface area contributed by atoms with Crippen molar-refractivity contribution in [2.45, 2.75) is 6.92 Å². The number of hydrogen-bond acceptors (Lipinski definition) is 6. The Labute approximate surface area is 149 Å². The lowest BCUT2D eigenvalue weighted by Crippen LogP contribution is -2.36. The third kappa shape index (κ3) is 4.34. The number of nitrogens with one attached hydrogen (secondary N) is 1. The molecule has 0 aliphatic rings. The van der Waals surface area contributed by atoms with E-state index in [0.29, 0.717) is 17.1 Å². The van der Waals surface area contributed by atoms with Crippen LogP contribution in [0.3, 0.4) is 0 Å². The fraction of sp³-hybridized carbons (Fsp3) is 0.0588. The van der Waals surface area contributed by atoms with E-state index in [1.165, 1.54) is 31.5 Å². The molecule has 0 atom stereocenters. The Kier molecular flexibility index (Phi) is 5.71. The molecule has 3 N–H and O–H groups in total. The number of carbonyl (C=O) groups excluding carboxylic acids is 2. The highest BCUT2D eigenvalue weighted by Crippen LogP contribution is 2.20. The van der Waals surface area contributed by atoms with Crippen LogP contribution in [0, 0.1) is 11.3 Å². The number of aromatic nitrogens is 1. The molecule has 0 aliphatic carbocycles. The minimum Gasteiger partial charge on any atom is -0.399 e. The zero-order valence-corrected chi connectivity index (χ0v) is 14.0. The fourth-order valence-electron chi connectivity index (χ4n) is 1.97. The van der Waals surface area contributed by atoms with Crippen molar-refractivity contribution in [2.24, 2.45) is 0 Å². The molecule has 1 aromatic heterocycles. The van der Waals surface area contributed by atoms with E-state index in [2.05, 4.69) is 10.3 Å². The Hall–Kier alpha value is -3.37. The van der Waals surface area contributed by atoms with Crippen LogP contribution in [0.25, 0.3) is 0 Å². The zero-order chi connectivity index (χ0) is 18.4. The van der Waals surface area contributed by atoms with E-state index < -0.39 is 11.8 Å². The van der Waals surface area contributed by atoms with Gasteiger partial charge in [-0.25, -0.2) is 9.88 Å². The van der Waals surface area contributed by atoms with Crippen molar-refractivity contribution >= 4 is 40.5 Å². The monoisotopic (exact) mass is 355 g/mol. The summed E-state index contributed by atoms with van der Waals surface area (Å²) < 4.78 is 0. The second-order valence-corrected chi connectivity index (χ2v) is 5.27. The van der Waals surface area contributed by atoms with Crippen molar-refractivity contribution in [3.05, 3.63) is 59.5 Å². The van der Waals surface area contributed by atoms with Crippen LogP contribution < -0.4 is 16.0 Å². The quantitative estimate of drug-likeness (QED) is 0.377. The lowest BCUT2D eigenvalue weighted by atomic mass is 10.2. The molecule has 0 radical (unpaired) electrons. The molecule has 25 heavy (non-hydrogen) atoms. The van der Waals surface area contributed by atoms with E-state index in [1.54, 1.807) is 30.3 Å². The highest BCUT2D eigenvalue weighted by molar-refractivity contribution is 6.32. The number of amides is 2. The second kappa shape index (κ2) is 7.95. The molecule has 0 aliphatic heterocycles. The summed E-state index contributed by atoms with van der Waals surface area (Å²) in [5.74, 6) is -1.30. The maximum absolute atomic E-state index is 12.6. The van der Waals surface area contributed by atoms with Gasteiger partial charge in [-0.2, -0.15) is 5.26 Å². The van der Waals surface area contributed by atoms with Gasteiger partial charge in [-0.15, -0.1) is 0 Å². The number of nitrogens with two attached hydrogens (primary N) is 1. The number of nitrogen functional groups attached to an aromatic ring is 1. The van der Waals surface area contributed by atoms with Crippen LogP contribution in [-0.4, -0.2) is 16.8 Å². The van der Waals surface area contributed by atoms with Crippen LogP contribution in [0.1, 0.15) is 6.92 Å². The van der Waals surface area contributed by atoms with Crippen LogP contribution in [0.4, 0.5) is 17.1 Å². The number of rotatable bonds is 4. The number of anilines is 3. The van der Waals surface area contributed by atoms with E-state index in [-0.39, 0.29) is 10.7 Å². The first kappa shape index (κ1) is 18.0. The molecule has 0 saturated heterocycles. The van der Waals surface area contributed by atoms with Crippen LogP contribution in [0.5, 0.6) is 0 Å². The molecule has 2 amide bonds. The van der Waals surface area contributed by atoms with E-state index in [9.17, 15) is 14.9 Å². The molecule has 126 valence electrons. The van der Waals surface area contributed by atoms with Gasteiger partial charge in [0, 0.05) is 25.0 Å². The van der Waals surface area contributed by atoms with Gasteiger partial charge in [0.15, 0.2) is 5.15 Å². The maximum Gasteiger partial charge on any atom is 0.277 e. The summed E-state index contributed by atoms with van der Waals surface area (Å²) in [6.07, 6.45) is 2.69. The smallest absolute Gasteiger partial charge is 0.277 e. The van der Waals surface area contributed by atoms with Gasteiger partial charge < -0.3 is 11.1 Å². The molecule has 0 unspecified atom stereocenters. The third-order valence-electron chi connectivity index (χ3n) is 3.15. The summed E-state index contributed by atoms with van der Waals surface area (Å²) in [7, 11) is 0. The van der Waals surface area contributed by atoms with E-state index >= 15 is 0 Å². The van der Waals surface area contributed by atoms with Crippen molar-refractivity contribution in [2.75, 3.05) is 16.0 Å². The predicted molar refractivity (Wildman–Crippen MR) is 95.6 cm³/mol. The lowest BCUT2D eigenvalue weighted by molar-refractivity contribution is -0.123. The number of imide groups is 1. The zero-order valence-electron chi connectivity index (χ0n) is 13.2. The number of pyridine rings is 1. The summed E-state index contributed by atoms with van der Waals surface area (Å²) in [6.45, 7) is 1.23. The molecule has 1 heterocycles. The van der Waals surface area contributed by atoms with Crippen LogP contribution >= 0.6 is 11.6 Å². The summed E-state index contributed by atoms with van der Waals surface area (Å²) >= 11 is 5.91. The molecule has 0 spiro atoms. The van der Waals surface area contributed by atoms with Gasteiger partial charge in [0.05, 0.1) is 11.4 Å². The Bertz CT molecular complexity index is 871. The second-order valence-electron chi connectivity index (χ2n) is 4.91. The predicted octanol–water partition coefficient (Wildman–Crippen LogP) is 2.72. The Morgan fingerprint density at radius 2 is 2.00 bits per heavy atom. The van der Waals surface area contributed by atoms with Crippen LogP contribution in [0.15, 0.2) is 54.4 Å². The summed E-state index contributed by atoms with van der Waals surface area (Å²) in [6, 6.07) is 11.2. The average molecular weight is 356 g/mol. The minimum atomic E-state index is -0.771. The average Bonchev–Trinajstić information content (AvgIpc) is 2.58. The number of nitrogens with zero attached hydrogens (tertiary/aromatic N) is 3. The summed E-state index contributed by atoms with van der Waals surface area (Å²) in [5.41, 5.74) is 6.56. The van der Waals surface area contributed by atoms with Crippen LogP contribution in [0.2, 0.25) is 5.15 Å². The highest BCUT2D eigenvalue weighted by atomic mass is 35.5. The third-order valence-corrected chi connectivity index (χ3v) is 3.45. The molecular weight excluding hydrogens is 342 g/mol. The van der Waals surface area contributed by atoms with Gasteiger partial charge in [0.2, 0.25) is 5.91 Å². The van der Waals surface area contributed by atoms with E-state index in [1.807, 2.05) is 0 Å². The van der Waals surface area contributed by atoms with E-state index in [0.717, 1.165) is 4.90 Å². The topological polar surface area (TPSA) is 112 Å². The number of hydrogen-bond donors (Lipinski definition) is 2. The van der Waals surface area contributed by atoms with E-state index in [4.69, 9.17) is 17.3 Å². The van der Waals surface area contributed by atoms with Gasteiger partial charge in [-0.3, -0.25) is 9.59 Å². The highest BCUT2D eigenvalue weighted by Gasteiger charge is 2.24. The van der Waals surface area contributed by atoms with Crippen molar-refractivity contribution in [1.29, 1.82) is 5.26 Å². The number of benzene rings is 1. The minimum absolute atomic E-state index is 0.186. The van der Waals surface area contributed by atoms with Crippen molar-refractivity contribution < 1.29 is 9.59 Å². The lowest BCUT2D eigenvalue weighted by Gasteiger charge is -2.19. The van der Waals surface area contributed by atoms with Crippen molar-refractivity contribution in [3.8, 4) is 6.07 Å². The standard InChI is InChI=1S/C17H14ClN5O2/c1-11(24)23(14-6-4-13(20)5-7-14)17(25)12(9-19)10-22-15-3-2-8-21-16(15)18/h2-8,10,22H,20H2,1H3/b12-10-. The van der Waals surface area contributed by atoms with Gasteiger partial charge in [0.25, 0.3) is 5.91 Å². The fourth-order valence-corrected chi connectivity index (χ4v) is 2.15. The molecule has 0 fully saturated rings. The maximum atomic E-state index is 12.6. The molecule has 7 nitrogen and oxygen atoms in total. The molecule has 2 aromatic rings. The van der Waals surface area contributed by atoms with Gasteiger partial charge in [0.1, 0.15) is 11.6 Å². The summed E-state index contributed by atoms with van der Waals surface area (Å²) in [4.78, 5) is 29.3. The first-order valence-corrected chi connectivity index (χ1v) is 7.49. The number of halogens is 1. The van der Waals surface area contributed by atoms with Gasteiger partial charge in [-0.05, 0) is 36.4 Å². The Morgan fingerprint density at radius 3 is 2.56 bits per heavy atom. The normalized spacial score (nSPS) is 10.7. The largest absolute Gasteiger partial charge is 0.399 e. The SMILES string of the molecule is CC(=O)N(C(=O)/C(C#N)=C\Nc1cccnc1Cl)c1ccc(N)cc1. The van der Waals surface area contributed by atoms with Crippen molar-refractivity contribution in [1.82, 2.24) is 4.98 Å². The molecule has 0 bridgehead atoms. The van der Waals surface area contributed by atoms with Crippen molar-refractivity contribution in [3.63, 3.8) is 0 Å². The first-order chi connectivity index (χ1) is 11.9. The first-order valence-electron chi connectivity index (χ1n) is 7.12. The Balaban J connectivity index is 2.31. The number of carbonyl (C=O) groups is 2.